The van der Waals surface area contributed by atoms with Gasteiger partial charge in [-0.25, -0.2) is 4.79 Å². The van der Waals surface area contributed by atoms with Gasteiger partial charge in [0.05, 0.1) is 19.3 Å². The summed E-state index contributed by atoms with van der Waals surface area (Å²) in [5.74, 6) is -11.0. The number of carboxylic acid groups (broad SMARTS) is 2. The Morgan fingerprint density at radius 3 is 1.36 bits per heavy atom. The first kappa shape index (κ1) is 52.9. The van der Waals surface area contributed by atoms with Gasteiger partial charge < -0.3 is 69.1 Å². The molecular formula is C34H59N9O14S. The summed E-state index contributed by atoms with van der Waals surface area (Å²) < 4.78 is 0. The highest BCUT2D eigenvalue weighted by molar-refractivity contribution is 7.80. The molecular weight excluding hydrogens is 790 g/mol. The van der Waals surface area contributed by atoms with Crippen molar-refractivity contribution in [1.29, 1.82) is 0 Å². The lowest BCUT2D eigenvalue weighted by atomic mass is 10.0. The predicted octanol–water partition coefficient (Wildman–Crippen LogP) is -5.05. The third-order valence-electron chi connectivity index (χ3n) is 8.17. The van der Waals surface area contributed by atoms with Crippen molar-refractivity contribution in [2.45, 2.75) is 121 Å². The van der Waals surface area contributed by atoms with Crippen LogP contribution in [0.1, 0.15) is 73.1 Å². The van der Waals surface area contributed by atoms with Crippen molar-refractivity contribution in [2.75, 3.05) is 19.0 Å². The fourth-order valence-electron chi connectivity index (χ4n) is 5.02. The highest BCUT2D eigenvalue weighted by Gasteiger charge is 2.34. The van der Waals surface area contributed by atoms with Gasteiger partial charge in [0.25, 0.3) is 0 Å². The minimum absolute atomic E-state index is 0.0384. The number of rotatable bonds is 28. The van der Waals surface area contributed by atoms with E-state index in [-0.39, 0.29) is 24.0 Å². The Kier molecular flexibility index (Phi) is 24.4. The smallest absolute Gasteiger partial charge is 0.326 e. The van der Waals surface area contributed by atoms with Crippen molar-refractivity contribution < 1.29 is 68.4 Å². The van der Waals surface area contributed by atoms with Gasteiger partial charge in [0.2, 0.25) is 47.3 Å². The Morgan fingerprint density at radius 2 is 0.914 bits per heavy atom. The molecule has 58 heavy (non-hydrogen) atoms. The maximum atomic E-state index is 13.6. The average Bonchev–Trinajstić information content (AvgIpc) is 3.13. The van der Waals surface area contributed by atoms with E-state index in [2.05, 4.69) is 44.5 Å². The van der Waals surface area contributed by atoms with E-state index in [9.17, 15) is 63.3 Å². The minimum Gasteiger partial charge on any atom is -0.481 e. The largest absolute Gasteiger partial charge is 0.481 e. The Labute approximate surface area is 340 Å². The topological polar surface area (TPSA) is 388 Å². The van der Waals surface area contributed by atoms with E-state index in [0.717, 1.165) is 0 Å². The number of amides is 8. The highest BCUT2D eigenvalue weighted by Crippen LogP contribution is 2.09. The van der Waals surface area contributed by atoms with Crippen molar-refractivity contribution >= 4 is 71.8 Å². The summed E-state index contributed by atoms with van der Waals surface area (Å²) >= 11 is 4.10. The van der Waals surface area contributed by atoms with Crippen LogP contribution in [0.25, 0.3) is 0 Å². The molecule has 0 aromatic heterocycles. The van der Waals surface area contributed by atoms with Gasteiger partial charge in [-0.05, 0) is 44.4 Å². The second-order valence-corrected chi connectivity index (χ2v) is 14.7. The number of aliphatic hydroxyl groups excluding tert-OH is 2. The summed E-state index contributed by atoms with van der Waals surface area (Å²) in [6.45, 7) is 6.47. The predicted molar refractivity (Wildman–Crippen MR) is 207 cm³/mol. The van der Waals surface area contributed by atoms with E-state index in [1.54, 1.807) is 13.8 Å². The van der Waals surface area contributed by atoms with Gasteiger partial charge in [-0.2, -0.15) is 12.6 Å². The molecule has 0 saturated carbocycles. The summed E-state index contributed by atoms with van der Waals surface area (Å²) in [7, 11) is 0. The quantitative estimate of drug-likeness (QED) is 0.0328. The monoisotopic (exact) mass is 849 g/mol. The molecule has 0 aromatic rings. The molecule has 0 rings (SSSR count). The van der Waals surface area contributed by atoms with Crippen LogP contribution in [0.4, 0.5) is 0 Å². The molecule has 8 amide bonds. The fraction of sp³-hybridized carbons (Fsp3) is 0.706. The first-order valence-electron chi connectivity index (χ1n) is 18.4. The van der Waals surface area contributed by atoms with Crippen LogP contribution >= 0.6 is 12.6 Å². The lowest BCUT2D eigenvalue weighted by molar-refractivity contribution is -0.143. The number of carbonyl (C=O) groups excluding carboxylic acids is 8. The normalized spacial score (nSPS) is 15.2. The number of primary amides is 1. The number of carboxylic acids is 2. The Bertz CT molecular complexity index is 1470. The van der Waals surface area contributed by atoms with E-state index >= 15 is 0 Å². The third-order valence-corrected chi connectivity index (χ3v) is 8.54. The van der Waals surface area contributed by atoms with Gasteiger partial charge in [0.1, 0.15) is 42.3 Å². The van der Waals surface area contributed by atoms with Crippen LogP contribution in [-0.2, 0) is 47.9 Å². The van der Waals surface area contributed by atoms with Crippen LogP contribution in [0.5, 0.6) is 0 Å². The SMILES string of the molecule is CC(C)C[C@H](NC(=O)[C@H](CS)NC(=O)[C@H](CO)NC(=O)[C@H](C)NC(=O)[C@@H](N)CC(C)C)C(=O)N[C@@H](CCC(N)=O)C(=O)N[C@@H](CO)C(=O)N[C@@H](CCC(=O)O)C(=O)O. The van der Waals surface area contributed by atoms with Gasteiger partial charge in [-0.15, -0.1) is 0 Å². The number of hydrogen-bond donors (Lipinski definition) is 14. The van der Waals surface area contributed by atoms with Gasteiger partial charge in [-0.1, -0.05) is 27.7 Å². The van der Waals surface area contributed by atoms with Gasteiger partial charge in [0.15, 0.2) is 0 Å². The molecule has 23 nitrogen and oxygen atoms in total. The molecule has 0 aliphatic rings. The lowest BCUT2D eigenvalue weighted by Gasteiger charge is -2.27. The summed E-state index contributed by atoms with van der Waals surface area (Å²) in [4.78, 5) is 125. The number of nitrogens with two attached hydrogens (primary N) is 2. The van der Waals surface area contributed by atoms with Crippen molar-refractivity contribution in [2.24, 2.45) is 23.3 Å². The molecule has 15 N–H and O–H groups in total. The van der Waals surface area contributed by atoms with Crippen molar-refractivity contribution in [3.63, 3.8) is 0 Å². The maximum absolute atomic E-state index is 13.6. The summed E-state index contributed by atoms with van der Waals surface area (Å²) in [5, 5.41) is 53.8. The van der Waals surface area contributed by atoms with E-state index in [0.29, 0.717) is 6.42 Å². The van der Waals surface area contributed by atoms with Crippen LogP contribution in [0, 0.1) is 11.8 Å². The van der Waals surface area contributed by atoms with Crippen LogP contribution in [0.2, 0.25) is 0 Å². The number of aliphatic hydroxyl groups is 2. The first-order chi connectivity index (χ1) is 27.0. The number of nitrogens with one attached hydrogen (secondary N) is 7. The highest BCUT2D eigenvalue weighted by atomic mass is 32.1. The second kappa shape index (κ2) is 26.8. The molecule has 0 aromatic carbocycles. The Hall–Kier alpha value is -5.07. The van der Waals surface area contributed by atoms with Crippen LogP contribution in [0.3, 0.4) is 0 Å². The van der Waals surface area contributed by atoms with E-state index < -0.39 is 146 Å². The maximum Gasteiger partial charge on any atom is 0.326 e. The Balaban J connectivity index is 5.93. The van der Waals surface area contributed by atoms with E-state index in [1.165, 1.54) is 6.92 Å². The third kappa shape index (κ3) is 20.4. The zero-order valence-corrected chi connectivity index (χ0v) is 34.0. The first-order valence-corrected chi connectivity index (χ1v) is 19.0. The molecule has 0 heterocycles. The van der Waals surface area contributed by atoms with E-state index in [1.807, 2.05) is 19.2 Å². The van der Waals surface area contributed by atoms with Crippen molar-refractivity contribution in [3.8, 4) is 0 Å². The molecule has 0 saturated heterocycles. The standard InChI is InChI=1S/C34H59N9O14S/c1-15(2)10-18(35)28(50)37-17(5)27(49)41-22(12-44)32(54)43-24(14-58)33(55)40-21(11-16(3)4)30(52)38-19(6-8-25(36)46)29(51)42-23(13-45)31(53)39-20(34(56)57)7-9-26(47)48/h15-24,44-45,58H,6-14,35H2,1-5H3,(H2,36,46)(H,37,50)(H,38,52)(H,39,53)(H,40,55)(H,41,49)(H,42,51)(H,43,54)(H,47,48)(H,56,57)/t17-,18-,19-,20-,21-,22-,23-,24-/m0/s1. The van der Waals surface area contributed by atoms with Crippen molar-refractivity contribution in [3.05, 3.63) is 0 Å². The number of hydrogen-bond acceptors (Lipinski definition) is 14. The number of carbonyl (C=O) groups is 10. The molecule has 24 heteroatoms. The molecule has 0 aliphatic heterocycles. The van der Waals surface area contributed by atoms with Gasteiger partial charge in [-0.3, -0.25) is 43.2 Å². The molecule has 0 radical (unpaired) electrons. The zero-order chi connectivity index (χ0) is 44.9. The fourth-order valence-corrected chi connectivity index (χ4v) is 5.28. The van der Waals surface area contributed by atoms with Gasteiger partial charge in [0, 0.05) is 18.6 Å². The Morgan fingerprint density at radius 1 is 0.517 bits per heavy atom. The van der Waals surface area contributed by atoms with Crippen molar-refractivity contribution in [1.82, 2.24) is 37.2 Å². The van der Waals surface area contributed by atoms with Crippen LogP contribution in [0.15, 0.2) is 0 Å². The number of aliphatic carboxylic acids is 2. The summed E-state index contributed by atoms with van der Waals surface area (Å²) in [6, 6.07) is -11.6. The molecule has 8 atom stereocenters. The zero-order valence-electron chi connectivity index (χ0n) is 33.1. The second-order valence-electron chi connectivity index (χ2n) is 14.3. The minimum atomic E-state index is -1.79. The molecule has 0 spiro atoms. The lowest BCUT2D eigenvalue weighted by Crippen LogP contribution is -2.61. The molecule has 330 valence electrons. The summed E-state index contributed by atoms with van der Waals surface area (Å²) in [5.41, 5.74) is 11.1. The molecule has 0 aliphatic carbocycles. The van der Waals surface area contributed by atoms with Crippen LogP contribution in [-0.4, -0.2) is 147 Å². The molecule has 0 fully saturated rings. The van der Waals surface area contributed by atoms with Crippen LogP contribution < -0.4 is 48.7 Å². The van der Waals surface area contributed by atoms with E-state index in [4.69, 9.17) is 16.6 Å². The van der Waals surface area contributed by atoms with Gasteiger partial charge >= 0.3 is 11.9 Å². The molecule has 0 bridgehead atoms. The molecule has 0 unspecified atom stereocenters. The average molecular weight is 850 g/mol. The number of thiol groups is 1. The summed E-state index contributed by atoms with van der Waals surface area (Å²) in [6.07, 6.45) is -1.72.